The molecule has 9 heteroatoms. The Kier molecular flexibility index (Phi) is 4.93. The van der Waals surface area contributed by atoms with Gasteiger partial charge in [-0.3, -0.25) is 9.79 Å². The van der Waals surface area contributed by atoms with E-state index in [-0.39, 0.29) is 11.9 Å². The summed E-state index contributed by atoms with van der Waals surface area (Å²) >= 11 is 0. The van der Waals surface area contributed by atoms with Gasteiger partial charge in [0, 0.05) is 24.9 Å². The van der Waals surface area contributed by atoms with Gasteiger partial charge in [0.05, 0.1) is 18.1 Å². The Hall–Kier alpha value is -3.62. The number of nitrogens with zero attached hydrogens (tertiary/aromatic N) is 7. The van der Waals surface area contributed by atoms with Crippen molar-refractivity contribution in [3.63, 3.8) is 0 Å². The summed E-state index contributed by atoms with van der Waals surface area (Å²) in [6.45, 7) is 4.22. The van der Waals surface area contributed by atoms with Crippen molar-refractivity contribution in [3.05, 3.63) is 54.5 Å². The first-order valence-electron chi connectivity index (χ1n) is 10.5. The summed E-state index contributed by atoms with van der Waals surface area (Å²) in [5.74, 6) is 1.23. The van der Waals surface area contributed by atoms with E-state index in [1.165, 1.54) is 0 Å². The first kappa shape index (κ1) is 19.3. The van der Waals surface area contributed by atoms with Gasteiger partial charge in [0.1, 0.15) is 23.5 Å². The van der Waals surface area contributed by atoms with E-state index in [1.807, 2.05) is 39.9 Å². The number of hydrogen-bond donors (Lipinski definition) is 1. The number of rotatable bonds is 6. The molecule has 0 saturated heterocycles. The SMILES string of the molecule is CC(C)c1cn(C2C=C(C(=O)Nc3cccc(-c4nncn4C4CC4)n3)N=CC2)cn1. The van der Waals surface area contributed by atoms with Crippen LogP contribution < -0.4 is 5.32 Å². The van der Waals surface area contributed by atoms with E-state index in [4.69, 9.17) is 0 Å². The molecular formula is C22H24N8O. The Morgan fingerprint density at radius 1 is 1.23 bits per heavy atom. The van der Waals surface area contributed by atoms with Crippen LogP contribution in [0, 0.1) is 0 Å². The zero-order valence-electron chi connectivity index (χ0n) is 17.5. The fraction of sp³-hybridized carbons (Fsp3) is 0.364. The molecule has 1 aliphatic heterocycles. The summed E-state index contributed by atoms with van der Waals surface area (Å²) in [6, 6.07) is 5.94. The molecule has 1 aliphatic carbocycles. The first-order chi connectivity index (χ1) is 15.1. The van der Waals surface area contributed by atoms with Crippen molar-refractivity contribution in [1.82, 2.24) is 29.3 Å². The highest BCUT2D eigenvalue weighted by Crippen LogP contribution is 2.37. The highest BCUT2D eigenvalue weighted by atomic mass is 16.2. The molecule has 1 N–H and O–H groups in total. The van der Waals surface area contributed by atoms with Crippen molar-refractivity contribution >= 4 is 17.9 Å². The predicted octanol–water partition coefficient (Wildman–Crippen LogP) is 3.53. The van der Waals surface area contributed by atoms with E-state index in [0.717, 1.165) is 30.8 Å². The average molecular weight is 416 g/mol. The summed E-state index contributed by atoms with van der Waals surface area (Å²) < 4.78 is 4.07. The van der Waals surface area contributed by atoms with E-state index in [9.17, 15) is 4.79 Å². The number of carbonyl (C=O) groups is 1. The standard InChI is InChI=1S/C22H24N8O/c1-14(2)19-11-29(12-24-19)16-8-9-23-18(10-16)22(31)27-20-5-3-4-17(26-20)21-28-25-13-30(21)15-6-7-15/h3-5,9-16H,6-8H2,1-2H3,(H,26,27,31). The number of carbonyl (C=O) groups excluding carboxylic acids is 1. The van der Waals surface area contributed by atoms with Crippen molar-refractivity contribution < 1.29 is 4.79 Å². The van der Waals surface area contributed by atoms with Gasteiger partial charge in [-0.15, -0.1) is 10.2 Å². The molecule has 3 aromatic heterocycles. The minimum Gasteiger partial charge on any atom is -0.330 e. The van der Waals surface area contributed by atoms with Gasteiger partial charge in [0.15, 0.2) is 5.82 Å². The predicted molar refractivity (Wildman–Crippen MR) is 117 cm³/mol. The minimum absolute atomic E-state index is 0.00892. The third-order valence-electron chi connectivity index (χ3n) is 5.49. The number of aromatic nitrogens is 6. The van der Waals surface area contributed by atoms with Crippen molar-refractivity contribution in [2.45, 2.75) is 51.1 Å². The van der Waals surface area contributed by atoms with Crippen LogP contribution in [0.3, 0.4) is 0 Å². The summed E-state index contributed by atoms with van der Waals surface area (Å²) in [5.41, 5.74) is 2.08. The first-order valence-corrected chi connectivity index (χ1v) is 10.5. The molecule has 1 atom stereocenters. The number of imidazole rings is 1. The maximum Gasteiger partial charge on any atom is 0.275 e. The second kappa shape index (κ2) is 7.90. The minimum atomic E-state index is -0.293. The average Bonchev–Trinajstić information content (AvgIpc) is 3.29. The molecule has 2 aliphatic rings. The molecule has 1 saturated carbocycles. The van der Waals surface area contributed by atoms with Gasteiger partial charge in [-0.1, -0.05) is 19.9 Å². The Morgan fingerprint density at radius 3 is 2.87 bits per heavy atom. The quantitative estimate of drug-likeness (QED) is 0.662. The number of amides is 1. The van der Waals surface area contributed by atoms with E-state index >= 15 is 0 Å². The second-order valence-electron chi connectivity index (χ2n) is 8.22. The fourth-order valence-corrected chi connectivity index (χ4v) is 3.58. The van der Waals surface area contributed by atoms with Crippen LogP contribution in [-0.4, -0.2) is 41.4 Å². The van der Waals surface area contributed by atoms with E-state index in [1.54, 1.807) is 18.6 Å². The maximum absolute atomic E-state index is 12.8. The number of pyridine rings is 1. The fourth-order valence-electron chi connectivity index (χ4n) is 3.58. The number of aliphatic imine (C=N–C) groups is 1. The van der Waals surface area contributed by atoms with E-state index < -0.39 is 0 Å². The summed E-state index contributed by atoms with van der Waals surface area (Å²) in [5, 5.41) is 11.1. The largest absolute Gasteiger partial charge is 0.330 e. The van der Waals surface area contributed by atoms with Gasteiger partial charge in [-0.05, 0) is 37.0 Å². The number of anilines is 1. The van der Waals surface area contributed by atoms with Crippen molar-refractivity contribution in [1.29, 1.82) is 0 Å². The third-order valence-corrected chi connectivity index (χ3v) is 5.49. The summed E-state index contributed by atoms with van der Waals surface area (Å²) in [6.07, 6.45) is 12.2. The Morgan fingerprint density at radius 2 is 2.10 bits per heavy atom. The van der Waals surface area contributed by atoms with Crippen LogP contribution in [0.4, 0.5) is 5.82 Å². The van der Waals surface area contributed by atoms with E-state index in [0.29, 0.717) is 29.2 Å². The smallest absolute Gasteiger partial charge is 0.275 e. The molecule has 1 fully saturated rings. The van der Waals surface area contributed by atoms with Crippen LogP contribution in [0.1, 0.15) is 56.8 Å². The molecule has 158 valence electrons. The Labute approximate surface area is 180 Å². The van der Waals surface area contributed by atoms with Crippen LogP contribution in [0.2, 0.25) is 0 Å². The van der Waals surface area contributed by atoms with Crippen LogP contribution in [0.15, 0.2) is 53.8 Å². The Balaban J connectivity index is 1.33. The molecule has 0 radical (unpaired) electrons. The van der Waals surface area contributed by atoms with Gasteiger partial charge in [-0.2, -0.15) is 0 Å². The summed E-state index contributed by atoms with van der Waals surface area (Å²) in [4.78, 5) is 26.2. The molecule has 4 heterocycles. The molecule has 5 rings (SSSR count). The monoisotopic (exact) mass is 416 g/mol. The zero-order chi connectivity index (χ0) is 21.4. The molecule has 1 unspecified atom stereocenters. The number of allylic oxidation sites excluding steroid dienone is 1. The molecular weight excluding hydrogens is 392 g/mol. The van der Waals surface area contributed by atoms with E-state index in [2.05, 4.69) is 44.3 Å². The number of hydrogen-bond acceptors (Lipinski definition) is 6. The molecule has 3 aromatic rings. The van der Waals surface area contributed by atoms with Gasteiger partial charge in [-0.25, -0.2) is 9.97 Å². The third kappa shape index (κ3) is 4.03. The molecule has 1 amide bonds. The highest BCUT2D eigenvalue weighted by Gasteiger charge is 2.27. The summed E-state index contributed by atoms with van der Waals surface area (Å²) in [7, 11) is 0. The van der Waals surface area contributed by atoms with Crippen LogP contribution >= 0.6 is 0 Å². The van der Waals surface area contributed by atoms with Gasteiger partial charge in [0.2, 0.25) is 0 Å². The van der Waals surface area contributed by atoms with Crippen molar-refractivity contribution in [2.75, 3.05) is 5.32 Å². The van der Waals surface area contributed by atoms with Crippen LogP contribution in [-0.2, 0) is 4.79 Å². The Bertz CT molecular complexity index is 1170. The number of nitrogens with one attached hydrogen (secondary N) is 1. The van der Waals surface area contributed by atoms with Gasteiger partial charge in [0.25, 0.3) is 5.91 Å². The lowest BCUT2D eigenvalue weighted by molar-refractivity contribution is -0.112. The second-order valence-corrected chi connectivity index (χ2v) is 8.22. The lowest BCUT2D eigenvalue weighted by atomic mass is 10.1. The van der Waals surface area contributed by atoms with Crippen LogP contribution in [0.5, 0.6) is 0 Å². The molecule has 0 aromatic carbocycles. The van der Waals surface area contributed by atoms with Crippen LogP contribution in [0.25, 0.3) is 11.5 Å². The highest BCUT2D eigenvalue weighted by molar-refractivity contribution is 6.04. The van der Waals surface area contributed by atoms with Gasteiger partial charge >= 0.3 is 0 Å². The normalized spacial score (nSPS) is 18.3. The molecule has 0 spiro atoms. The lowest BCUT2D eigenvalue weighted by Crippen LogP contribution is -2.19. The zero-order valence-corrected chi connectivity index (χ0v) is 17.5. The van der Waals surface area contributed by atoms with Crippen molar-refractivity contribution in [3.8, 4) is 11.5 Å². The molecule has 0 bridgehead atoms. The topological polar surface area (TPSA) is 103 Å². The van der Waals surface area contributed by atoms with Gasteiger partial charge < -0.3 is 14.5 Å². The molecule has 9 nitrogen and oxygen atoms in total. The molecule has 31 heavy (non-hydrogen) atoms. The lowest BCUT2D eigenvalue weighted by Gasteiger charge is -2.17. The maximum atomic E-state index is 12.8. The van der Waals surface area contributed by atoms with Crippen molar-refractivity contribution in [2.24, 2.45) is 4.99 Å².